The first-order valence-corrected chi connectivity index (χ1v) is 10.8. The van der Waals surface area contributed by atoms with Crippen molar-refractivity contribution in [2.24, 2.45) is 0 Å². The van der Waals surface area contributed by atoms with Crippen LogP contribution in [0.15, 0.2) is 59.4 Å². The smallest absolute Gasteiger partial charge is 0.355 e. The van der Waals surface area contributed by atoms with E-state index in [1.54, 1.807) is 24.3 Å². The Bertz CT molecular complexity index is 1110. The molecule has 1 fully saturated rings. The van der Waals surface area contributed by atoms with Crippen LogP contribution in [0.1, 0.15) is 5.56 Å². The van der Waals surface area contributed by atoms with Crippen LogP contribution in [0.25, 0.3) is 17.1 Å². The minimum absolute atomic E-state index is 0.288. The Morgan fingerprint density at radius 1 is 1.00 bits per heavy atom. The average Bonchev–Trinajstić information content (AvgIpc) is 2.74. The van der Waals surface area contributed by atoms with Crippen LogP contribution < -0.4 is 10.5 Å². The molecule has 1 aliphatic rings. The van der Waals surface area contributed by atoms with Crippen LogP contribution in [0, 0.1) is 0 Å². The number of benzene rings is 2. The zero-order valence-corrected chi connectivity index (χ0v) is 17.3. The molecule has 2 aromatic carbocycles. The van der Waals surface area contributed by atoms with E-state index in [0.29, 0.717) is 22.2 Å². The number of thioether (sulfide) groups is 1. The molecule has 4 rings (SSSR count). The molecule has 1 aliphatic heterocycles. The molecule has 0 bridgehead atoms. The maximum atomic E-state index is 13.1. The third-order valence-electron chi connectivity index (χ3n) is 4.81. The Morgan fingerprint density at radius 3 is 2.30 bits per heavy atom. The van der Waals surface area contributed by atoms with Crippen molar-refractivity contribution in [2.45, 2.75) is 6.18 Å². The molecular weight excluding hydrogens is 435 g/mol. The zero-order chi connectivity index (χ0) is 21.3. The number of aromatic nitrogens is 2. The van der Waals surface area contributed by atoms with Gasteiger partial charge in [-0.3, -0.25) is 9.36 Å². The molecule has 2 heterocycles. The molecule has 156 valence electrons. The fourth-order valence-electron chi connectivity index (χ4n) is 3.30. The van der Waals surface area contributed by atoms with Crippen molar-refractivity contribution in [1.82, 2.24) is 9.55 Å². The van der Waals surface area contributed by atoms with Gasteiger partial charge in [0.05, 0.1) is 16.3 Å². The Kier molecular flexibility index (Phi) is 5.79. The number of hydrogen-bond acceptors (Lipinski definition) is 4. The maximum absolute atomic E-state index is 13.1. The molecule has 1 aromatic heterocycles. The second kappa shape index (κ2) is 8.35. The number of hydrogen-bond donors (Lipinski definition) is 0. The lowest BCUT2D eigenvalue weighted by atomic mass is 10.1. The van der Waals surface area contributed by atoms with Crippen molar-refractivity contribution in [3.05, 3.63) is 75.5 Å². The molecule has 1 saturated heterocycles. The fourth-order valence-corrected chi connectivity index (χ4v) is 4.42. The highest BCUT2D eigenvalue weighted by Gasteiger charge is 2.30. The van der Waals surface area contributed by atoms with Crippen molar-refractivity contribution < 1.29 is 13.2 Å². The van der Waals surface area contributed by atoms with E-state index < -0.39 is 11.7 Å². The van der Waals surface area contributed by atoms with Crippen LogP contribution in [0.3, 0.4) is 0 Å². The number of alkyl halides is 3. The van der Waals surface area contributed by atoms with Gasteiger partial charge in [-0.1, -0.05) is 23.7 Å². The fraction of sp³-hybridized carbons (Fsp3) is 0.238. The van der Waals surface area contributed by atoms with E-state index in [-0.39, 0.29) is 11.2 Å². The summed E-state index contributed by atoms with van der Waals surface area (Å²) in [4.78, 5) is 19.8. The third kappa shape index (κ3) is 4.20. The third-order valence-corrected chi connectivity index (χ3v) is 6.08. The lowest BCUT2D eigenvalue weighted by Gasteiger charge is -2.28. The van der Waals surface area contributed by atoms with Gasteiger partial charge in [-0.2, -0.15) is 24.9 Å². The first-order valence-electron chi connectivity index (χ1n) is 9.24. The van der Waals surface area contributed by atoms with E-state index in [2.05, 4.69) is 0 Å². The van der Waals surface area contributed by atoms with E-state index in [4.69, 9.17) is 16.6 Å². The van der Waals surface area contributed by atoms with Crippen LogP contribution in [-0.2, 0) is 6.18 Å². The standard InChI is InChI=1S/C21H17ClF3N3OS/c22-17-4-2-1-3-16(17)20-26-18(27-9-11-30-12-10-27)13-19(29)28(20)15-7-5-14(6-8-15)21(23,24)25/h1-8,13H,9-12H2. The van der Waals surface area contributed by atoms with Crippen LogP contribution >= 0.6 is 23.4 Å². The Balaban J connectivity index is 1.89. The van der Waals surface area contributed by atoms with Gasteiger partial charge in [0.2, 0.25) is 0 Å². The van der Waals surface area contributed by atoms with Crippen molar-refractivity contribution >= 4 is 29.2 Å². The van der Waals surface area contributed by atoms with E-state index in [1.807, 2.05) is 16.7 Å². The van der Waals surface area contributed by atoms with Crippen molar-refractivity contribution in [3.63, 3.8) is 0 Å². The van der Waals surface area contributed by atoms with Gasteiger partial charge in [0.1, 0.15) is 5.82 Å². The summed E-state index contributed by atoms with van der Waals surface area (Å²) in [5.74, 6) is 2.70. The molecule has 0 atom stereocenters. The molecule has 0 N–H and O–H groups in total. The second-order valence-electron chi connectivity index (χ2n) is 6.74. The van der Waals surface area contributed by atoms with Crippen LogP contribution in [0.4, 0.5) is 19.0 Å². The first-order chi connectivity index (χ1) is 14.3. The molecule has 0 spiro atoms. The summed E-state index contributed by atoms with van der Waals surface area (Å²) in [5.41, 5.74) is -0.345. The molecule has 0 saturated carbocycles. The van der Waals surface area contributed by atoms with Gasteiger partial charge >= 0.3 is 6.18 Å². The van der Waals surface area contributed by atoms with Gasteiger partial charge < -0.3 is 4.90 Å². The van der Waals surface area contributed by atoms with Gasteiger partial charge in [0.25, 0.3) is 5.56 Å². The predicted octanol–water partition coefficient (Wildman–Crippen LogP) is 5.12. The maximum Gasteiger partial charge on any atom is 0.416 e. The molecule has 3 aromatic rings. The molecule has 0 radical (unpaired) electrons. The highest BCUT2D eigenvalue weighted by molar-refractivity contribution is 7.99. The second-order valence-corrected chi connectivity index (χ2v) is 8.37. The van der Waals surface area contributed by atoms with Gasteiger partial charge in [-0.15, -0.1) is 0 Å². The average molecular weight is 452 g/mol. The summed E-state index contributed by atoms with van der Waals surface area (Å²) in [7, 11) is 0. The van der Waals surface area contributed by atoms with Crippen molar-refractivity contribution in [2.75, 3.05) is 29.5 Å². The summed E-state index contributed by atoms with van der Waals surface area (Å²) >= 11 is 8.21. The molecular formula is C21H17ClF3N3OS. The van der Waals surface area contributed by atoms with Gasteiger partial charge in [0.15, 0.2) is 5.82 Å². The van der Waals surface area contributed by atoms with Crippen molar-refractivity contribution in [3.8, 4) is 17.1 Å². The summed E-state index contributed by atoms with van der Waals surface area (Å²) in [6.45, 7) is 1.53. The molecule has 9 heteroatoms. The topological polar surface area (TPSA) is 38.1 Å². The van der Waals surface area contributed by atoms with E-state index in [9.17, 15) is 18.0 Å². The van der Waals surface area contributed by atoms with Gasteiger partial charge in [0, 0.05) is 36.2 Å². The lowest BCUT2D eigenvalue weighted by Crippen LogP contribution is -2.35. The van der Waals surface area contributed by atoms with E-state index >= 15 is 0 Å². The van der Waals surface area contributed by atoms with Gasteiger partial charge in [-0.05, 0) is 36.4 Å². The quantitative estimate of drug-likeness (QED) is 0.553. The molecule has 0 amide bonds. The van der Waals surface area contributed by atoms with Crippen LogP contribution in [-0.4, -0.2) is 34.1 Å². The minimum Gasteiger partial charge on any atom is -0.355 e. The minimum atomic E-state index is -4.45. The summed E-state index contributed by atoms with van der Waals surface area (Å²) < 4.78 is 40.2. The highest BCUT2D eigenvalue weighted by atomic mass is 35.5. The number of rotatable bonds is 3. The van der Waals surface area contributed by atoms with Crippen LogP contribution in [0.5, 0.6) is 0 Å². The number of halogens is 4. The molecule has 4 nitrogen and oxygen atoms in total. The van der Waals surface area contributed by atoms with Crippen LogP contribution in [0.2, 0.25) is 5.02 Å². The summed E-state index contributed by atoms with van der Waals surface area (Å²) in [5, 5.41) is 0.399. The molecule has 0 aliphatic carbocycles. The SMILES string of the molecule is O=c1cc(N2CCSCC2)nc(-c2ccccc2Cl)n1-c1ccc(C(F)(F)F)cc1. The zero-order valence-electron chi connectivity index (χ0n) is 15.7. The monoisotopic (exact) mass is 451 g/mol. The Labute approximate surface area is 180 Å². The number of nitrogens with zero attached hydrogens (tertiary/aromatic N) is 3. The largest absolute Gasteiger partial charge is 0.416 e. The highest BCUT2D eigenvalue weighted by Crippen LogP contribution is 2.32. The normalized spacial score (nSPS) is 14.7. The summed E-state index contributed by atoms with van der Waals surface area (Å²) in [6.07, 6.45) is -4.45. The Hall–Kier alpha value is -2.45. The number of anilines is 1. The summed E-state index contributed by atoms with van der Waals surface area (Å²) in [6, 6.07) is 12.8. The molecule has 30 heavy (non-hydrogen) atoms. The predicted molar refractivity (Wildman–Crippen MR) is 115 cm³/mol. The first kappa shape index (κ1) is 20.8. The van der Waals surface area contributed by atoms with Gasteiger partial charge in [-0.25, -0.2) is 4.98 Å². The lowest BCUT2D eigenvalue weighted by molar-refractivity contribution is -0.137. The van der Waals surface area contributed by atoms with E-state index in [0.717, 1.165) is 36.7 Å². The van der Waals surface area contributed by atoms with Crippen molar-refractivity contribution in [1.29, 1.82) is 0 Å². The Morgan fingerprint density at radius 2 is 1.67 bits per heavy atom. The van der Waals surface area contributed by atoms with E-state index in [1.165, 1.54) is 22.8 Å². The molecule has 0 unspecified atom stereocenters.